The van der Waals surface area contributed by atoms with Gasteiger partial charge in [0.2, 0.25) is 5.91 Å². The van der Waals surface area contributed by atoms with Crippen molar-refractivity contribution in [3.8, 4) is 5.75 Å². The van der Waals surface area contributed by atoms with Gasteiger partial charge in [0.05, 0.1) is 13.2 Å². The highest BCUT2D eigenvalue weighted by atomic mass is 16.5. The number of amides is 1. The normalized spacial score (nSPS) is 10.5. The molecule has 134 valence electrons. The van der Waals surface area contributed by atoms with Crippen LogP contribution in [0.4, 0.5) is 11.4 Å². The Hall–Kier alpha value is -3.05. The van der Waals surface area contributed by atoms with Crippen molar-refractivity contribution < 1.29 is 14.3 Å². The average Bonchev–Trinajstić information content (AvgIpc) is 2.67. The first-order valence-electron chi connectivity index (χ1n) is 8.49. The number of ether oxygens (including phenoxy) is 2. The molecule has 3 aromatic rings. The lowest BCUT2D eigenvalue weighted by Crippen LogP contribution is -2.21. The van der Waals surface area contributed by atoms with Crippen molar-refractivity contribution in [3.63, 3.8) is 0 Å². The molecule has 0 aromatic heterocycles. The summed E-state index contributed by atoms with van der Waals surface area (Å²) in [6.45, 7) is 1.19. The van der Waals surface area contributed by atoms with Crippen molar-refractivity contribution in [3.05, 3.63) is 66.7 Å². The van der Waals surface area contributed by atoms with Gasteiger partial charge in [-0.05, 0) is 23.6 Å². The summed E-state index contributed by atoms with van der Waals surface area (Å²) in [5.74, 6) is 0.633. The predicted molar refractivity (Wildman–Crippen MR) is 105 cm³/mol. The molecular weight excluding hydrogens is 328 g/mol. The van der Waals surface area contributed by atoms with Gasteiger partial charge in [-0.15, -0.1) is 0 Å². The van der Waals surface area contributed by atoms with Gasteiger partial charge in [0.15, 0.2) is 0 Å². The quantitative estimate of drug-likeness (QED) is 0.605. The number of rotatable bonds is 8. The minimum Gasteiger partial charge on any atom is -0.491 e. The molecule has 0 fully saturated rings. The van der Waals surface area contributed by atoms with Crippen molar-refractivity contribution in [1.82, 2.24) is 0 Å². The second kappa shape index (κ2) is 8.87. The second-order valence-electron chi connectivity index (χ2n) is 5.80. The Morgan fingerprint density at radius 3 is 2.65 bits per heavy atom. The van der Waals surface area contributed by atoms with Crippen LogP contribution in [0.3, 0.4) is 0 Å². The Kier molecular flexibility index (Phi) is 6.06. The number of hydrogen-bond acceptors (Lipinski definition) is 4. The van der Waals surface area contributed by atoms with Crippen LogP contribution in [0.15, 0.2) is 66.7 Å². The maximum absolute atomic E-state index is 12.3. The first-order chi connectivity index (χ1) is 12.8. The van der Waals surface area contributed by atoms with E-state index in [4.69, 9.17) is 9.47 Å². The van der Waals surface area contributed by atoms with Crippen LogP contribution in [0.25, 0.3) is 10.8 Å². The summed E-state index contributed by atoms with van der Waals surface area (Å²) in [5.41, 5.74) is 1.64. The highest BCUT2D eigenvalue weighted by Gasteiger charge is 2.06. The van der Waals surface area contributed by atoms with Gasteiger partial charge in [-0.2, -0.15) is 0 Å². The van der Waals surface area contributed by atoms with Gasteiger partial charge in [-0.1, -0.05) is 42.5 Å². The van der Waals surface area contributed by atoms with Gasteiger partial charge >= 0.3 is 0 Å². The van der Waals surface area contributed by atoms with E-state index in [1.54, 1.807) is 7.11 Å². The van der Waals surface area contributed by atoms with Crippen LogP contribution in [-0.4, -0.2) is 32.8 Å². The molecule has 2 N–H and O–H groups in total. The molecular formula is C21H22N2O3. The van der Waals surface area contributed by atoms with Crippen LogP contribution in [0.2, 0.25) is 0 Å². The third kappa shape index (κ3) is 4.74. The average molecular weight is 350 g/mol. The van der Waals surface area contributed by atoms with Gasteiger partial charge in [0.25, 0.3) is 0 Å². The molecule has 5 heteroatoms. The van der Waals surface area contributed by atoms with Gasteiger partial charge in [0, 0.05) is 29.9 Å². The van der Waals surface area contributed by atoms with E-state index in [1.807, 2.05) is 66.7 Å². The Morgan fingerprint density at radius 1 is 0.962 bits per heavy atom. The summed E-state index contributed by atoms with van der Waals surface area (Å²) in [7, 11) is 1.63. The second-order valence-corrected chi connectivity index (χ2v) is 5.80. The predicted octanol–water partition coefficient (Wildman–Crippen LogP) is 3.92. The van der Waals surface area contributed by atoms with Crippen LogP contribution in [0.5, 0.6) is 5.75 Å². The topological polar surface area (TPSA) is 59.6 Å². The molecule has 0 bridgehead atoms. The number of hydrogen-bond donors (Lipinski definition) is 2. The fraction of sp³-hybridized carbons (Fsp3) is 0.190. The van der Waals surface area contributed by atoms with E-state index < -0.39 is 0 Å². The summed E-state index contributed by atoms with van der Waals surface area (Å²) >= 11 is 0. The molecule has 1 amide bonds. The fourth-order valence-corrected chi connectivity index (χ4v) is 2.65. The third-order valence-electron chi connectivity index (χ3n) is 3.91. The zero-order chi connectivity index (χ0) is 18.2. The number of methoxy groups -OCH3 is 1. The minimum atomic E-state index is -0.105. The van der Waals surface area contributed by atoms with Crippen LogP contribution < -0.4 is 15.4 Å². The highest BCUT2D eigenvalue weighted by Crippen LogP contribution is 2.23. The van der Waals surface area contributed by atoms with Crippen molar-refractivity contribution in [2.24, 2.45) is 0 Å². The van der Waals surface area contributed by atoms with E-state index in [1.165, 1.54) is 0 Å². The number of fused-ring (bicyclic) bond motifs is 1. The Bertz CT molecular complexity index is 875. The molecule has 0 aliphatic heterocycles. The monoisotopic (exact) mass is 350 g/mol. The number of benzene rings is 3. The van der Waals surface area contributed by atoms with E-state index in [-0.39, 0.29) is 12.5 Å². The third-order valence-corrected chi connectivity index (χ3v) is 3.91. The molecule has 0 saturated carbocycles. The molecule has 0 atom stereocenters. The molecule has 0 spiro atoms. The summed E-state index contributed by atoms with van der Waals surface area (Å²) in [6.07, 6.45) is 0. The summed E-state index contributed by atoms with van der Waals surface area (Å²) < 4.78 is 10.5. The van der Waals surface area contributed by atoms with E-state index >= 15 is 0 Å². The summed E-state index contributed by atoms with van der Waals surface area (Å²) in [6, 6.07) is 21.4. The molecule has 26 heavy (non-hydrogen) atoms. The van der Waals surface area contributed by atoms with Crippen LogP contribution in [0, 0.1) is 0 Å². The van der Waals surface area contributed by atoms with Crippen LogP contribution in [-0.2, 0) is 9.53 Å². The molecule has 3 rings (SSSR count). The van der Waals surface area contributed by atoms with Crippen molar-refractivity contribution in [2.75, 3.05) is 37.5 Å². The van der Waals surface area contributed by atoms with Crippen LogP contribution >= 0.6 is 0 Å². The lowest BCUT2D eigenvalue weighted by atomic mass is 10.1. The molecule has 5 nitrogen and oxygen atoms in total. The van der Waals surface area contributed by atoms with E-state index in [0.29, 0.717) is 13.2 Å². The highest BCUT2D eigenvalue weighted by molar-refractivity contribution is 6.03. The van der Waals surface area contributed by atoms with Gasteiger partial charge < -0.3 is 20.1 Å². The smallest absolute Gasteiger partial charge is 0.243 e. The van der Waals surface area contributed by atoms with Crippen molar-refractivity contribution in [2.45, 2.75) is 0 Å². The molecule has 0 unspecified atom stereocenters. The van der Waals surface area contributed by atoms with Crippen molar-refractivity contribution >= 4 is 28.1 Å². The SMILES string of the molecule is COCCOc1cccc(NCC(=O)Nc2cccc3ccccc23)c1. The lowest BCUT2D eigenvalue weighted by molar-refractivity contribution is -0.114. The number of anilines is 2. The largest absolute Gasteiger partial charge is 0.491 e. The van der Waals surface area contributed by atoms with E-state index in [2.05, 4.69) is 10.6 Å². The van der Waals surface area contributed by atoms with Gasteiger partial charge in [-0.25, -0.2) is 0 Å². The van der Waals surface area contributed by atoms with E-state index in [0.717, 1.165) is 27.9 Å². The van der Waals surface area contributed by atoms with Crippen LogP contribution in [0.1, 0.15) is 0 Å². The first-order valence-corrected chi connectivity index (χ1v) is 8.49. The number of nitrogens with one attached hydrogen (secondary N) is 2. The Balaban J connectivity index is 1.58. The molecule has 0 heterocycles. The minimum absolute atomic E-state index is 0.105. The zero-order valence-electron chi connectivity index (χ0n) is 14.7. The molecule has 3 aromatic carbocycles. The Morgan fingerprint density at radius 2 is 1.77 bits per heavy atom. The van der Waals surface area contributed by atoms with Gasteiger partial charge in [-0.3, -0.25) is 4.79 Å². The maximum atomic E-state index is 12.3. The Labute approximate surface area is 152 Å². The lowest BCUT2D eigenvalue weighted by Gasteiger charge is -2.11. The maximum Gasteiger partial charge on any atom is 0.243 e. The van der Waals surface area contributed by atoms with Gasteiger partial charge in [0.1, 0.15) is 12.4 Å². The summed E-state index contributed by atoms with van der Waals surface area (Å²) in [5, 5.41) is 8.20. The number of carbonyl (C=O) groups is 1. The first kappa shape index (κ1) is 17.8. The van der Waals surface area contributed by atoms with Crippen molar-refractivity contribution in [1.29, 1.82) is 0 Å². The molecule has 0 radical (unpaired) electrons. The molecule has 0 saturated heterocycles. The number of carbonyl (C=O) groups excluding carboxylic acids is 1. The summed E-state index contributed by atoms with van der Waals surface area (Å²) in [4.78, 5) is 12.3. The van der Waals surface area contributed by atoms with E-state index in [9.17, 15) is 4.79 Å². The molecule has 0 aliphatic rings. The zero-order valence-corrected chi connectivity index (χ0v) is 14.7. The molecule has 0 aliphatic carbocycles. The fourth-order valence-electron chi connectivity index (χ4n) is 2.65. The standard InChI is InChI=1S/C21H22N2O3/c1-25-12-13-26-18-9-5-8-17(14-18)22-15-21(24)23-20-11-4-7-16-6-2-3-10-19(16)20/h2-11,14,22H,12-13,15H2,1H3,(H,23,24).